The van der Waals surface area contributed by atoms with E-state index in [2.05, 4.69) is 10.3 Å². The number of hydrogen-bond acceptors (Lipinski definition) is 3. The molecule has 82 valence electrons. The minimum Gasteiger partial charge on any atom is -0.344 e. The number of fused-ring (bicyclic) bond motifs is 1. The lowest BCUT2D eigenvalue weighted by Gasteiger charge is -2.28. The van der Waals surface area contributed by atoms with Crippen molar-refractivity contribution < 1.29 is 13.2 Å². The van der Waals surface area contributed by atoms with Gasteiger partial charge in [0.2, 0.25) is 5.95 Å². The van der Waals surface area contributed by atoms with Crippen LogP contribution in [0, 0.1) is 0 Å². The molecule has 0 amide bonds. The number of alkyl halides is 3. The highest BCUT2D eigenvalue weighted by atomic mass is 19.4. The van der Waals surface area contributed by atoms with Gasteiger partial charge in [0.15, 0.2) is 0 Å². The molecule has 1 aliphatic rings. The quantitative estimate of drug-likeness (QED) is 0.707. The molecule has 0 fully saturated rings. The number of anilines is 1. The zero-order valence-corrected chi connectivity index (χ0v) is 7.58. The van der Waals surface area contributed by atoms with Gasteiger partial charge in [-0.3, -0.25) is 9.36 Å². The van der Waals surface area contributed by atoms with Crippen LogP contribution < -0.4 is 10.9 Å². The number of hydrogen-bond donors (Lipinski definition) is 1. The van der Waals surface area contributed by atoms with E-state index < -0.39 is 12.2 Å². The van der Waals surface area contributed by atoms with Crippen molar-refractivity contribution in [1.29, 1.82) is 0 Å². The van der Waals surface area contributed by atoms with Crippen molar-refractivity contribution in [3.05, 3.63) is 22.6 Å². The molecule has 0 bridgehead atoms. The van der Waals surface area contributed by atoms with E-state index in [0.29, 0.717) is 0 Å². The summed E-state index contributed by atoms with van der Waals surface area (Å²) in [7, 11) is 0. The predicted molar refractivity (Wildman–Crippen MR) is 46.6 cm³/mol. The van der Waals surface area contributed by atoms with Crippen LogP contribution >= 0.6 is 0 Å². The van der Waals surface area contributed by atoms with E-state index in [1.165, 1.54) is 16.8 Å². The lowest BCUT2D eigenvalue weighted by molar-refractivity contribution is -0.145. The van der Waals surface area contributed by atoms with Crippen LogP contribution in [-0.4, -0.2) is 21.8 Å². The van der Waals surface area contributed by atoms with Gasteiger partial charge in [-0.25, -0.2) is 4.98 Å². The average Bonchev–Trinajstić information content (AvgIpc) is 2.16. The SMILES string of the molecule is O=c1ccnc2n1CCC(C(F)(F)F)N2. The lowest BCUT2D eigenvalue weighted by Crippen LogP contribution is -2.43. The van der Waals surface area contributed by atoms with Gasteiger partial charge in [0.1, 0.15) is 6.04 Å². The molecule has 0 radical (unpaired) electrons. The molecule has 1 unspecified atom stereocenters. The van der Waals surface area contributed by atoms with Gasteiger partial charge >= 0.3 is 6.18 Å². The van der Waals surface area contributed by atoms with Crippen LogP contribution in [0.25, 0.3) is 0 Å². The Bertz CT molecular complexity index is 426. The van der Waals surface area contributed by atoms with Crippen molar-refractivity contribution in [3.8, 4) is 0 Å². The van der Waals surface area contributed by atoms with Crippen molar-refractivity contribution in [3.63, 3.8) is 0 Å². The van der Waals surface area contributed by atoms with Crippen LogP contribution in [0.5, 0.6) is 0 Å². The minimum atomic E-state index is -4.31. The molecule has 1 aromatic heterocycles. The first-order valence-electron chi connectivity index (χ1n) is 4.37. The highest BCUT2D eigenvalue weighted by molar-refractivity contribution is 5.29. The molecule has 0 aromatic carbocycles. The molecule has 1 atom stereocenters. The molecule has 0 saturated carbocycles. The predicted octanol–water partition coefficient (Wildman–Crippen LogP) is 0.990. The van der Waals surface area contributed by atoms with E-state index in [0.717, 1.165) is 0 Å². The molecule has 2 rings (SSSR count). The van der Waals surface area contributed by atoms with Gasteiger partial charge in [-0.15, -0.1) is 0 Å². The molecule has 0 saturated heterocycles. The Hall–Kier alpha value is -1.53. The van der Waals surface area contributed by atoms with E-state index in [-0.39, 0.29) is 24.5 Å². The number of rotatable bonds is 0. The Kier molecular flexibility index (Phi) is 2.17. The monoisotopic (exact) mass is 219 g/mol. The Morgan fingerprint density at radius 3 is 2.93 bits per heavy atom. The van der Waals surface area contributed by atoms with Gasteiger partial charge in [-0.2, -0.15) is 13.2 Å². The number of nitrogens with one attached hydrogen (secondary N) is 1. The number of aromatic nitrogens is 2. The molecule has 2 heterocycles. The van der Waals surface area contributed by atoms with Crippen LogP contribution in [0.2, 0.25) is 0 Å². The number of nitrogens with zero attached hydrogens (tertiary/aromatic N) is 2. The van der Waals surface area contributed by atoms with Gasteiger partial charge in [0, 0.05) is 18.8 Å². The third-order valence-electron chi connectivity index (χ3n) is 2.28. The topological polar surface area (TPSA) is 46.9 Å². The van der Waals surface area contributed by atoms with Gasteiger partial charge < -0.3 is 5.32 Å². The van der Waals surface area contributed by atoms with Crippen molar-refractivity contribution in [1.82, 2.24) is 9.55 Å². The van der Waals surface area contributed by atoms with E-state index in [4.69, 9.17) is 0 Å². The summed E-state index contributed by atoms with van der Waals surface area (Å²) in [6.07, 6.45) is -3.26. The largest absolute Gasteiger partial charge is 0.408 e. The normalized spacial score (nSPS) is 20.6. The van der Waals surface area contributed by atoms with Crippen LogP contribution in [0.15, 0.2) is 17.1 Å². The Balaban J connectivity index is 2.32. The van der Waals surface area contributed by atoms with Crippen molar-refractivity contribution in [2.24, 2.45) is 0 Å². The van der Waals surface area contributed by atoms with Crippen molar-refractivity contribution in [2.75, 3.05) is 5.32 Å². The molecule has 0 spiro atoms. The fraction of sp³-hybridized carbons (Fsp3) is 0.500. The highest BCUT2D eigenvalue weighted by Crippen LogP contribution is 2.27. The van der Waals surface area contributed by atoms with Crippen molar-refractivity contribution in [2.45, 2.75) is 25.2 Å². The van der Waals surface area contributed by atoms with Crippen LogP contribution in [0.3, 0.4) is 0 Å². The zero-order valence-electron chi connectivity index (χ0n) is 7.58. The van der Waals surface area contributed by atoms with E-state index >= 15 is 0 Å². The summed E-state index contributed by atoms with van der Waals surface area (Å²) < 4.78 is 38.3. The summed E-state index contributed by atoms with van der Waals surface area (Å²) in [5.41, 5.74) is -0.340. The van der Waals surface area contributed by atoms with Gasteiger partial charge in [0.25, 0.3) is 5.56 Å². The summed E-state index contributed by atoms with van der Waals surface area (Å²) in [6.45, 7) is 0.0409. The molecular formula is C8H8F3N3O. The fourth-order valence-electron chi connectivity index (χ4n) is 1.50. The Labute approximate surface area is 82.7 Å². The molecule has 7 heteroatoms. The second-order valence-electron chi connectivity index (χ2n) is 3.29. The summed E-state index contributed by atoms with van der Waals surface area (Å²) in [4.78, 5) is 14.9. The van der Waals surface area contributed by atoms with E-state index in [1.807, 2.05) is 0 Å². The molecular weight excluding hydrogens is 211 g/mol. The smallest absolute Gasteiger partial charge is 0.344 e. The molecule has 4 nitrogen and oxygen atoms in total. The molecule has 15 heavy (non-hydrogen) atoms. The standard InChI is InChI=1S/C8H8F3N3O/c9-8(10,11)5-2-4-14-6(15)1-3-12-7(14)13-5/h1,3,5H,2,4H2,(H,12,13). The molecule has 1 aromatic rings. The highest BCUT2D eigenvalue weighted by Gasteiger charge is 2.41. The zero-order chi connectivity index (χ0) is 11.1. The Morgan fingerprint density at radius 1 is 1.53 bits per heavy atom. The van der Waals surface area contributed by atoms with E-state index in [1.54, 1.807) is 0 Å². The second kappa shape index (κ2) is 3.25. The minimum absolute atomic E-state index is 0.0175. The Morgan fingerprint density at radius 2 is 2.27 bits per heavy atom. The third-order valence-corrected chi connectivity index (χ3v) is 2.28. The van der Waals surface area contributed by atoms with Gasteiger partial charge in [-0.1, -0.05) is 0 Å². The maximum Gasteiger partial charge on any atom is 0.408 e. The summed E-state index contributed by atoms with van der Waals surface area (Å²) in [5.74, 6) is -0.0175. The van der Waals surface area contributed by atoms with Crippen LogP contribution in [0.1, 0.15) is 6.42 Å². The molecule has 1 aliphatic heterocycles. The fourth-order valence-corrected chi connectivity index (χ4v) is 1.50. The molecule has 0 aliphatic carbocycles. The van der Waals surface area contributed by atoms with Gasteiger partial charge in [0.05, 0.1) is 0 Å². The lowest BCUT2D eigenvalue weighted by atomic mass is 10.1. The summed E-state index contributed by atoms with van der Waals surface area (Å²) in [5, 5.41) is 2.20. The van der Waals surface area contributed by atoms with Crippen LogP contribution in [-0.2, 0) is 6.54 Å². The first-order valence-corrected chi connectivity index (χ1v) is 4.37. The molecule has 1 N–H and O–H groups in total. The maximum atomic E-state index is 12.4. The summed E-state index contributed by atoms with van der Waals surface area (Å²) in [6, 6.07) is -0.397. The maximum absolute atomic E-state index is 12.4. The first kappa shape index (κ1) is 10.0. The van der Waals surface area contributed by atoms with E-state index in [9.17, 15) is 18.0 Å². The summed E-state index contributed by atoms with van der Waals surface area (Å²) >= 11 is 0. The third kappa shape index (κ3) is 1.81. The average molecular weight is 219 g/mol. The van der Waals surface area contributed by atoms with Crippen LogP contribution in [0.4, 0.5) is 19.1 Å². The van der Waals surface area contributed by atoms with Gasteiger partial charge in [-0.05, 0) is 6.42 Å². The number of halogens is 3. The van der Waals surface area contributed by atoms with Crippen molar-refractivity contribution >= 4 is 5.95 Å². The first-order chi connectivity index (χ1) is 6.98. The second-order valence-corrected chi connectivity index (χ2v) is 3.29.